The second-order valence-corrected chi connectivity index (χ2v) is 10.8. The van der Waals surface area contributed by atoms with Crippen molar-refractivity contribution in [3.63, 3.8) is 0 Å². The first-order chi connectivity index (χ1) is 20.5. The Morgan fingerprint density at radius 1 is 1.12 bits per heavy atom. The number of nitrogens with two attached hydrogens (primary N) is 1. The molecule has 11 heteroatoms. The van der Waals surface area contributed by atoms with Crippen LogP contribution in [0.3, 0.4) is 0 Å². The zero-order valence-electron chi connectivity index (χ0n) is 23.3. The number of piperidine rings is 1. The number of carbonyl (C=O) groups excluding carboxylic acids is 1. The van der Waals surface area contributed by atoms with Crippen LogP contribution in [0.25, 0.3) is 39.8 Å². The molecule has 5 aromatic rings. The van der Waals surface area contributed by atoms with Crippen molar-refractivity contribution < 1.29 is 9.21 Å². The minimum atomic E-state index is 0.0143. The second-order valence-electron chi connectivity index (χ2n) is 10.8. The lowest BCUT2D eigenvalue weighted by Gasteiger charge is -2.33. The number of carbonyl (C=O) groups is 1. The molecule has 1 atom stereocenters. The average molecular weight is 562 g/mol. The topological polar surface area (TPSA) is 141 Å². The van der Waals surface area contributed by atoms with Crippen molar-refractivity contribution in [2.45, 2.75) is 44.7 Å². The fourth-order valence-corrected chi connectivity index (χ4v) is 6.10. The number of anilines is 1. The maximum Gasteiger partial charge on any atom is 0.266 e. The lowest BCUT2D eigenvalue weighted by atomic mass is 10.0. The van der Waals surface area contributed by atoms with E-state index in [0.29, 0.717) is 40.8 Å². The summed E-state index contributed by atoms with van der Waals surface area (Å²) in [6.07, 6.45) is 6.94. The largest absolute Gasteiger partial charge is 0.420 e. The molecule has 4 aromatic heterocycles. The number of likely N-dealkylation sites (tertiary alicyclic amines) is 1. The molecule has 1 aliphatic heterocycles. The molecule has 0 saturated carbocycles. The molecule has 1 aromatic carbocycles. The average Bonchev–Trinajstić information content (AvgIpc) is 3.73. The van der Waals surface area contributed by atoms with E-state index < -0.39 is 0 Å². The van der Waals surface area contributed by atoms with Crippen LogP contribution < -0.4 is 11.1 Å². The summed E-state index contributed by atoms with van der Waals surface area (Å²) in [5.41, 5.74) is 12.5. The van der Waals surface area contributed by atoms with Crippen LogP contribution >= 0.6 is 0 Å². The SMILES string of the molecule is C=CC(=O)N1CCC(N[C@H]2CCc3cc(-n4c(-c5cccnc5N)nc5ccc(-c6nnc(C)o6)nc54)ccc32)CC1. The van der Waals surface area contributed by atoms with E-state index in [1.165, 1.54) is 17.2 Å². The van der Waals surface area contributed by atoms with Gasteiger partial charge in [0.1, 0.15) is 17.0 Å². The molecule has 1 aliphatic carbocycles. The first-order valence-electron chi connectivity index (χ1n) is 14.2. The number of nitrogens with zero attached hydrogens (tertiary/aromatic N) is 7. The van der Waals surface area contributed by atoms with Gasteiger partial charge in [-0.3, -0.25) is 9.36 Å². The maximum absolute atomic E-state index is 12.0. The third-order valence-corrected chi connectivity index (χ3v) is 8.21. The fraction of sp³-hybridized carbons (Fsp3) is 0.290. The van der Waals surface area contributed by atoms with Gasteiger partial charge in [-0.15, -0.1) is 10.2 Å². The van der Waals surface area contributed by atoms with E-state index in [1.54, 1.807) is 13.1 Å². The second kappa shape index (κ2) is 10.5. The van der Waals surface area contributed by atoms with Crippen molar-refractivity contribution in [3.8, 4) is 28.7 Å². The van der Waals surface area contributed by atoms with Crippen molar-refractivity contribution in [2.24, 2.45) is 0 Å². The van der Waals surface area contributed by atoms with E-state index >= 15 is 0 Å². The molecule has 11 nitrogen and oxygen atoms in total. The van der Waals surface area contributed by atoms with Crippen LogP contribution in [0.5, 0.6) is 0 Å². The Balaban J connectivity index is 1.24. The third-order valence-electron chi connectivity index (χ3n) is 8.21. The van der Waals surface area contributed by atoms with Crippen molar-refractivity contribution in [3.05, 3.63) is 78.3 Å². The first kappa shape index (κ1) is 26.0. The van der Waals surface area contributed by atoms with Gasteiger partial charge in [0.25, 0.3) is 5.89 Å². The van der Waals surface area contributed by atoms with Crippen molar-refractivity contribution >= 4 is 22.9 Å². The monoisotopic (exact) mass is 561 g/mol. The minimum Gasteiger partial charge on any atom is -0.420 e. The Morgan fingerprint density at radius 3 is 2.74 bits per heavy atom. The van der Waals surface area contributed by atoms with Crippen LogP contribution in [0, 0.1) is 6.92 Å². The number of rotatable bonds is 6. The number of aromatic nitrogens is 6. The normalized spacial score (nSPS) is 17.1. The van der Waals surface area contributed by atoms with Gasteiger partial charge < -0.3 is 20.4 Å². The molecule has 0 spiro atoms. The van der Waals surface area contributed by atoms with Gasteiger partial charge >= 0.3 is 0 Å². The maximum atomic E-state index is 12.0. The van der Waals surface area contributed by atoms with Crippen LogP contribution in [-0.2, 0) is 11.2 Å². The highest BCUT2D eigenvalue weighted by molar-refractivity contribution is 5.87. The number of aryl methyl sites for hydroxylation is 2. The molecule has 3 N–H and O–H groups in total. The van der Waals surface area contributed by atoms with Gasteiger partial charge in [-0.1, -0.05) is 12.6 Å². The van der Waals surface area contributed by atoms with Gasteiger partial charge in [0.05, 0.1) is 5.56 Å². The Kier molecular flexibility index (Phi) is 6.50. The Hall–Kier alpha value is -4.90. The van der Waals surface area contributed by atoms with Crippen molar-refractivity contribution in [1.82, 2.24) is 39.9 Å². The van der Waals surface area contributed by atoms with E-state index in [2.05, 4.69) is 45.3 Å². The summed E-state index contributed by atoms with van der Waals surface area (Å²) in [5, 5.41) is 12.0. The summed E-state index contributed by atoms with van der Waals surface area (Å²) in [7, 11) is 0. The molecule has 0 bridgehead atoms. The number of nitrogen functional groups attached to an aromatic ring is 1. The Bertz CT molecular complexity index is 1820. The first-order valence-corrected chi connectivity index (χ1v) is 14.2. The van der Waals surface area contributed by atoms with Gasteiger partial charge in [-0.05, 0) is 79.3 Å². The Labute approximate surface area is 242 Å². The highest BCUT2D eigenvalue weighted by Gasteiger charge is 2.29. The predicted molar refractivity (Wildman–Crippen MR) is 159 cm³/mol. The summed E-state index contributed by atoms with van der Waals surface area (Å²) in [4.78, 5) is 28.0. The molecule has 1 fully saturated rings. The number of pyridine rings is 2. The zero-order valence-corrected chi connectivity index (χ0v) is 23.3. The molecule has 5 heterocycles. The lowest BCUT2D eigenvalue weighted by molar-refractivity contribution is -0.127. The van der Waals surface area contributed by atoms with Gasteiger partial charge in [0, 0.05) is 44.0 Å². The Morgan fingerprint density at radius 2 is 1.98 bits per heavy atom. The van der Waals surface area contributed by atoms with Gasteiger partial charge in [-0.2, -0.15) is 0 Å². The van der Waals surface area contributed by atoms with Crippen molar-refractivity contribution in [1.29, 1.82) is 0 Å². The van der Waals surface area contributed by atoms with Gasteiger partial charge in [0.15, 0.2) is 11.5 Å². The highest BCUT2D eigenvalue weighted by Crippen LogP contribution is 2.37. The zero-order chi connectivity index (χ0) is 28.8. The van der Waals surface area contributed by atoms with E-state index in [9.17, 15) is 4.79 Å². The van der Waals surface area contributed by atoms with Crippen LogP contribution in [-0.4, -0.2) is 59.7 Å². The van der Waals surface area contributed by atoms with E-state index in [0.717, 1.165) is 55.5 Å². The summed E-state index contributed by atoms with van der Waals surface area (Å²) >= 11 is 0. The van der Waals surface area contributed by atoms with Gasteiger partial charge in [-0.25, -0.2) is 15.0 Å². The molecule has 212 valence electrons. The number of hydrogen-bond acceptors (Lipinski definition) is 9. The number of amides is 1. The van der Waals surface area contributed by atoms with E-state index in [4.69, 9.17) is 20.1 Å². The number of hydrogen-bond donors (Lipinski definition) is 2. The summed E-state index contributed by atoms with van der Waals surface area (Å²) in [5.74, 6) is 1.90. The van der Waals surface area contributed by atoms with Crippen molar-refractivity contribution in [2.75, 3.05) is 18.8 Å². The fourth-order valence-electron chi connectivity index (χ4n) is 6.10. The lowest BCUT2D eigenvalue weighted by Crippen LogP contribution is -2.45. The number of nitrogens with one attached hydrogen (secondary N) is 1. The molecular formula is C31H31N9O2. The van der Waals surface area contributed by atoms with Gasteiger partial charge in [0.2, 0.25) is 11.8 Å². The molecule has 0 radical (unpaired) electrons. The summed E-state index contributed by atoms with van der Waals surface area (Å²) < 4.78 is 7.69. The molecule has 2 aliphatic rings. The molecule has 1 saturated heterocycles. The van der Waals surface area contributed by atoms with Crippen LogP contribution in [0.15, 0.2) is 65.7 Å². The molecular weight excluding hydrogens is 530 g/mol. The molecule has 7 rings (SSSR count). The molecule has 42 heavy (non-hydrogen) atoms. The van der Waals surface area contributed by atoms with E-state index in [-0.39, 0.29) is 11.9 Å². The van der Waals surface area contributed by atoms with Crippen LogP contribution in [0.2, 0.25) is 0 Å². The van der Waals surface area contributed by atoms with Crippen LogP contribution in [0.4, 0.5) is 5.82 Å². The summed E-state index contributed by atoms with van der Waals surface area (Å²) in [6.45, 7) is 6.88. The third kappa shape index (κ3) is 4.61. The minimum absolute atomic E-state index is 0.0143. The quantitative estimate of drug-likeness (QED) is 0.292. The predicted octanol–water partition coefficient (Wildman–Crippen LogP) is 4.18. The number of benzene rings is 1. The molecule has 1 amide bonds. The van der Waals surface area contributed by atoms with E-state index in [1.807, 2.05) is 33.7 Å². The number of fused-ring (bicyclic) bond motifs is 2. The number of imidazole rings is 1. The standard InChI is InChI=1S/C31H31N9O2/c1-3-27(41)39-15-12-20(13-16-39)34-24-9-6-19-17-21(7-8-22(19)24)40-29(23-5-4-14-33-28(23)32)35-25-10-11-26(36-30(25)40)31-38-37-18(2)42-31/h3-5,7-8,10-11,14,17,20,24,34H,1,6,9,12-13,15-16H2,2H3,(H2,32,33)/t24-/m0/s1. The molecule has 0 unspecified atom stereocenters. The smallest absolute Gasteiger partial charge is 0.266 e. The summed E-state index contributed by atoms with van der Waals surface area (Å²) in [6, 6.07) is 14.7. The highest BCUT2D eigenvalue weighted by atomic mass is 16.4. The van der Waals surface area contributed by atoms with Crippen LogP contribution in [0.1, 0.15) is 42.3 Å².